The number of imidazole rings is 1. The second-order valence-corrected chi connectivity index (χ2v) is 7.12. The molecule has 3 rings (SSSR count). The largest absolute Gasteiger partial charge is 0.342 e. The lowest BCUT2D eigenvalue weighted by molar-refractivity contribution is 0.454. The minimum Gasteiger partial charge on any atom is -0.342 e. The lowest BCUT2D eigenvalue weighted by Gasteiger charge is -2.32. The molecule has 0 amide bonds. The van der Waals surface area contributed by atoms with Gasteiger partial charge in [-0.15, -0.1) is 0 Å². The van der Waals surface area contributed by atoms with E-state index in [2.05, 4.69) is 19.6 Å². The fourth-order valence-electron chi connectivity index (χ4n) is 2.65. The zero-order valence-electron chi connectivity index (χ0n) is 12.4. The Morgan fingerprint density at radius 2 is 2.05 bits per heavy atom. The van der Waals surface area contributed by atoms with Crippen LogP contribution in [0.25, 0.3) is 0 Å². The van der Waals surface area contributed by atoms with E-state index in [1.54, 1.807) is 24.5 Å². The van der Waals surface area contributed by atoms with E-state index in [0.29, 0.717) is 0 Å². The molecule has 0 aromatic carbocycles. The average Bonchev–Trinajstić information content (AvgIpc) is 2.95. The molecule has 2 aromatic heterocycles. The van der Waals surface area contributed by atoms with E-state index in [9.17, 15) is 8.42 Å². The molecule has 3 heterocycles. The van der Waals surface area contributed by atoms with Crippen LogP contribution in [0.2, 0.25) is 0 Å². The van der Waals surface area contributed by atoms with Gasteiger partial charge in [-0.1, -0.05) is 0 Å². The van der Waals surface area contributed by atoms with Gasteiger partial charge in [-0.3, -0.25) is 4.98 Å². The number of piperidine rings is 1. The van der Waals surface area contributed by atoms with Crippen molar-refractivity contribution in [1.82, 2.24) is 19.3 Å². The Labute approximate surface area is 130 Å². The first-order chi connectivity index (χ1) is 10.6. The fraction of sp³-hybridized carbons (Fsp3) is 0.429. The number of sulfonamides is 1. The predicted octanol–water partition coefficient (Wildman–Crippen LogP) is 0.762. The number of rotatable bonds is 4. The maximum Gasteiger partial charge on any atom is 0.242 e. The number of hydrogen-bond acceptors (Lipinski definition) is 5. The average molecular weight is 321 g/mol. The van der Waals surface area contributed by atoms with Gasteiger partial charge in [0.1, 0.15) is 4.90 Å². The van der Waals surface area contributed by atoms with Crippen LogP contribution in [0.3, 0.4) is 0 Å². The first kappa shape index (κ1) is 15.0. The van der Waals surface area contributed by atoms with E-state index in [1.165, 1.54) is 6.20 Å². The number of anilines is 1. The monoisotopic (exact) mass is 321 g/mol. The van der Waals surface area contributed by atoms with Gasteiger partial charge in [0, 0.05) is 51.0 Å². The van der Waals surface area contributed by atoms with Crippen molar-refractivity contribution in [2.75, 3.05) is 18.0 Å². The Kier molecular flexibility index (Phi) is 4.12. The summed E-state index contributed by atoms with van der Waals surface area (Å²) in [5.74, 6) is 0.925. The van der Waals surface area contributed by atoms with Crippen LogP contribution in [-0.4, -0.2) is 42.1 Å². The van der Waals surface area contributed by atoms with Crippen molar-refractivity contribution in [3.8, 4) is 0 Å². The smallest absolute Gasteiger partial charge is 0.242 e. The Bertz CT molecular complexity index is 721. The number of pyridine rings is 1. The van der Waals surface area contributed by atoms with Crippen LogP contribution in [0, 0.1) is 0 Å². The van der Waals surface area contributed by atoms with Gasteiger partial charge in [-0.05, 0) is 25.0 Å². The number of aryl methyl sites for hydroxylation is 1. The molecule has 2 aromatic rings. The van der Waals surface area contributed by atoms with E-state index in [1.807, 2.05) is 17.8 Å². The van der Waals surface area contributed by atoms with Gasteiger partial charge >= 0.3 is 0 Å². The lowest BCUT2D eigenvalue weighted by Crippen LogP contribution is -2.45. The molecule has 1 saturated heterocycles. The Hall–Kier alpha value is -1.93. The summed E-state index contributed by atoms with van der Waals surface area (Å²) in [6.07, 6.45) is 8.12. The Balaban J connectivity index is 1.62. The van der Waals surface area contributed by atoms with Gasteiger partial charge in [-0.25, -0.2) is 18.1 Å². The summed E-state index contributed by atoms with van der Waals surface area (Å²) in [7, 11) is -1.53. The third-order valence-electron chi connectivity index (χ3n) is 3.84. The zero-order chi connectivity index (χ0) is 15.6. The van der Waals surface area contributed by atoms with Crippen molar-refractivity contribution < 1.29 is 8.42 Å². The summed E-state index contributed by atoms with van der Waals surface area (Å²) in [5.41, 5.74) is 0. The zero-order valence-corrected chi connectivity index (χ0v) is 13.2. The normalized spacial score (nSPS) is 16.9. The molecule has 0 saturated carbocycles. The molecule has 22 heavy (non-hydrogen) atoms. The maximum atomic E-state index is 12.3. The number of aromatic nitrogens is 3. The van der Waals surface area contributed by atoms with Crippen molar-refractivity contribution >= 4 is 16.0 Å². The van der Waals surface area contributed by atoms with Crippen LogP contribution in [0.15, 0.2) is 41.8 Å². The first-order valence-electron chi connectivity index (χ1n) is 7.21. The van der Waals surface area contributed by atoms with Gasteiger partial charge in [-0.2, -0.15) is 0 Å². The van der Waals surface area contributed by atoms with E-state index in [0.717, 1.165) is 31.9 Å². The number of nitrogens with zero attached hydrogens (tertiary/aromatic N) is 4. The van der Waals surface area contributed by atoms with Gasteiger partial charge < -0.3 is 9.47 Å². The van der Waals surface area contributed by atoms with Gasteiger partial charge in [0.2, 0.25) is 16.0 Å². The summed E-state index contributed by atoms with van der Waals surface area (Å²) in [5, 5.41) is 0. The van der Waals surface area contributed by atoms with Crippen LogP contribution in [0.1, 0.15) is 12.8 Å². The SMILES string of the molecule is Cn1ccnc1N1CCC(NS(=O)(=O)c2cccnc2)CC1. The highest BCUT2D eigenvalue weighted by molar-refractivity contribution is 7.89. The lowest BCUT2D eigenvalue weighted by atomic mass is 10.1. The quantitative estimate of drug-likeness (QED) is 0.899. The molecule has 1 aliphatic rings. The van der Waals surface area contributed by atoms with E-state index >= 15 is 0 Å². The van der Waals surface area contributed by atoms with Crippen molar-refractivity contribution in [2.45, 2.75) is 23.8 Å². The van der Waals surface area contributed by atoms with Crippen molar-refractivity contribution in [2.24, 2.45) is 7.05 Å². The topological polar surface area (TPSA) is 80.1 Å². The molecule has 118 valence electrons. The molecule has 0 atom stereocenters. The fourth-order valence-corrected chi connectivity index (χ4v) is 3.92. The molecule has 0 spiro atoms. The molecule has 0 unspecified atom stereocenters. The van der Waals surface area contributed by atoms with E-state index < -0.39 is 10.0 Å². The summed E-state index contributed by atoms with van der Waals surface area (Å²) in [6.45, 7) is 1.57. The highest BCUT2D eigenvalue weighted by Gasteiger charge is 2.25. The number of nitrogens with one attached hydrogen (secondary N) is 1. The molecule has 1 fully saturated rings. The van der Waals surface area contributed by atoms with Crippen molar-refractivity contribution in [1.29, 1.82) is 0 Å². The predicted molar refractivity (Wildman–Crippen MR) is 83.0 cm³/mol. The third-order valence-corrected chi connectivity index (χ3v) is 5.35. The molecule has 0 bridgehead atoms. The Morgan fingerprint density at radius 1 is 1.27 bits per heavy atom. The minimum absolute atomic E-state index is 0.0540. The van der Waals surface area contributed by atoms with Crippen LogP contribution < -0.4 is 9.62 Å². The molecule has 7 nitrogen and oxygen atoms in total. The molecule has 1 N–H and O–H groups in total. The second kappa shape index (κ2) is 6.05. The minimum atomic E-state index is -3.49. The summed E-state index contributed by atoms with van der Waals surface area (Å²) < 4.78 is 29.3. The standard InChI is InChI=1S/C14H19N5O2S/c1-18-10-7-16-14(18)19-8-4-12(5-9-19)17-22(20,21)13-3-2-6-15-11-13/h2-3,6-7,10-12,17H,4-5,8-9H2,1H3. The third kappa shape index (κ3) is 3.12. The van der Waals surface area contributed by atoms with E-state index in [4.69, 9.17) is 0 Å². The molecule has 1 aliphatic heterocycles. The van der Waals surface area contributed by atoms with Crippen LogP contribution in [0.5, 0.6) is 0 Å². The molecule has 0 radical (unpaired) electrons. The first-order valence-corrected chi connectivity index (χ1v) is 8.69. The molecular weight excluding hydrogens is 302 g/mol. The molecule has 0 aliphatic carbocycles. The summed E-state index contributed by atoms with van der Waals surface area (Å²) in [4.78, 5) is 10.6. The highest BCUT2D eigenvalue weighted by Crippen LogP contribution is 2.19. The highest BCUT2D eigenvalue weighted by atomic mass is 32.2. The van der Waals surface area contributed by atoms with Crippen LogP contribution in [0.4, 0.5) is 5.95 Å². The summed E-state index contributed by atoms with van der Waals surface area (Å²) >= 11 is 0. The second-order valence-electron chi connectivity index (χ2n) is 5.41. The van der Waals surface area contributed by atoms with Gasteiger partial charge in [0.15, 0.2) is 0 Å². The number of hydrogen-bond donors (Lipinski definition) is 1. The maximum absolute atomic E-state index is 12.3. The van der Waals surface area contributed by atoms with Gasteiger partial charge in [0.25, 0.3) is 0 Å². The molecular formula is C14H19N5O2S. The van der Waals surface area contributed by atoms with Crippen LogP contribution in [-0.2, 0) is 17.1 Å². The van der Waals surface area contributed by atoms with E-state index in [-0.39, 0.29) is 10.9 Å². The van der Waals surface area contributed by atoms with Crippen molar-refractivity contribution in [3.63, 3.8) is 0 Å². The summed E-state index contributed by atoms with van der Waals surface area (Å²) in [6, 6.07) is 3.12. The van der Waals surface area contributed by atoms with Gasteiger partial charge in [0.05, 0.1) is 0 Å². The molecule has 8 heteroatoms. The van der Waals surface area contributed by atoms with Crippen LogP contribution >= 0.6 is 0 Å². The Morgan fingerprint density at radius 3 is 2.64 bits per heavy atom. The van der Waals surface area contributed by atoms with Crippen molar-refractivity contribution in [3.05, 3.63) is 36.9 Å².